The summed E-state index contributed by atoms with van der Waals surface area (Å²) < 4.78 is 5.22. The van der Waals surface area contributed by atoms with Crippen molar-refractivity contribution in [1.29, 1.82) is 0 Å². The lowest BCUT2D eigenvalue weighted by Gasteiger charge is -2.39. The molecule has 1 fully saturated rings. The molecule has 0 radical (unpaired) electrons. The molecule has 1 aromatic heterocycles. The largest absolute Gasteiger partial charge is 0.495 e. The highest BCUT2D eigenvalue weighted by Crippen LogP contribution is 2.30. The molecule has 4 nitrogen and oxygen atoms in total. The summed E-state index contributed by atoms with van der Waals surface area (Å²) in [6.07, 6.45) is 2.20. The third-order valence-electron chi connectivity index (χ3n) is 3.66. The Balaban J connectivity index is 2.21. The van der Waals surface area contributed by atoms with Crippen molar-refractivity contribution in [2.75, 3.05) is 20.2 Å². The molecule has 2 N–H and O–H groups in total. The van der Waals surface area contributed by atoms with E-state index in [1.807, 2.05) is 16.3 Å². The highest BCUT2D eigenvalue weighted by molar-refractivity contribution is 7.12. The molecule has 0 unspecified atom stereocenters. The summed E-state index contributed by atoms with van der Waals surface area (Å²) in [7, 11) is 1.60. The van der Waals surface area contributed by atoms with Crippen molar-refractivity contribution in [1.82, 2.24) is 4.90 Å². The topological polar surface area (TPSA) is 55.6 Å². The molecule has 2 heterocycles. The van der Waals surface area contributed by atoms with Gasteiger partial charge in [0.15, 0.2) is 0 Å². The number of ether oxygens (including phenoxy) is 1. The zero-order valence-corrected chi connectivity index (χ0v) is 11.7. The van der Waals surface area contributed by atoms with E-state index in [0.29, 0.717) is 23.1 Å². The predicted molar refractivity (Wildman–Crippen MR) is 73.1 cm³/mol. The van der Waals surface area contributed by atoms with Crippen molar-refractivity contribution < 1.29 is 9.53 Å². The van der Waals surface area contributed by atoms with E-state index in [2.05, 4.69) is 6.92 Å². The second kappa shape index (κ2) is 5.71. The predicted octanol–water partition coefficient (Wildman–Crippen LogP) is 1.96. The minimum Gasteiger partial charge on any atom is -0.495 e. The van der Waals surface area contributed by atoms with E-state index in [0.717, 1.165) is 19.4 Å². The zero-order chi connectivity index (χ0) is 13.1. The fourth-order valence-corrected chi connectivity index (χ4v) is 3.42. The fourth-order valence-electron chi connectivity index (χ4n) is 2.61. The lowest BCUT2D eigenvalue weighted by Crippen LogP contribution is -2.51. The van der Waals surface area contributed by atoms with Crippen LogP contribution in [0.25, 0.3) is 0 Å². The highest BCUT2D eigenvalue weighted by atomic mass is 32.1. The monoisotopic (exact) mass is 268 g/mol. The van der Waals surface area contributed by atoms with Crippen molar-refractivity contribution in [3.8, 4) is 5.75 Å². The Morgan fingerprint density at radius 1 is 1.67 bits per heavy atom. The molecule has 2 rings (SSSR count). The van der Waals surface area contributed by atoms with Crippen LogP contribution in [0.3, 0.4) is 0 Å². The molecule has 1 saturated heterocycles. The molecule has 1 aromatic rings. The molecule has 0 aromatic carbocycles. The number of likely N-dealkylation sites (tertiary alicyclic amines) is 1. The second-order valence-electron chi connectivity index (χ2n) is 4.74. The van der Waals surface area contributed by atoms with Gasteiger partial charge in [0.2, 0.25) is 0 Å². The van der Waals surface area contributed by atoms with Crippen molar-refractivity contribution in [3.05, 3.63) is 16.3 Å². The van der Waals surface area contributed by atoms with Gasteiger partial charge in [-0.3, -0.25) is 4.79 Å². The molecule has 1 amide bonds. The Kier molecular flexibility index (Phi) is 4.24. The van der Waals surface area contributed by atoms with Crippen LogP contribution in [-0.2, 0) is 0 Å². The quantitative estimate of drug-likeness (QED) is 0.911. The Labute approximate surface area is 112 Å². The molecule has 100 valence electrons. The normalized spacial score (nSPS) is 24.1. The van der Waals surface area contributed by atoms with E-state index in [1.165, 1.54) is 11.3 Å². The number of nitrogens with zero attached hydrogens (tertiary/aromatic N) is 1. The first-order valence-corrected chi connectivity index (χ1v) is 7.19. The van der Waals surface area contributed by atoms with Gasteiger partial charge in [0.25, 0.3) is 5.91 Å². The number of methoxy groups -OCH3 is 1. The second-order valence-corrected chi connectivity index (χ2v) is 5.66. The van der Waals surface area contributed by atoms with Crippen LogP contribution in [0, 0.1) is 5.92 Å². The van der Waals surface area contributed by atoms with Gasteiger partial charge in [0.1, 0.15) is 10.6 Å². The van der Waals surface area contributed by atoms with Gasteiger partial charge in [-0.2, -0.15) is 0 Å². The van der Waals surface area contributed by atoms with Crippen molar-refractivity contribution >= 4 is 17.2 Å². The maximum atomic E-state index is 12.6. The lowest BCUT2D eigenvalue weighted by molar-refractivity contribution is 0.0534. The van der Waals surface area contributed by atoms with E-state index in [9.17, 15) is 4.79 Å². The smallest absolute Gasteiger partial charge is 0.268 e. The highest BCUT2D eigenvalue weighted by Gasteiger charge is 2.32. The summed E-state index contributed by atoms with van der Waals surface area (Å²) >= 11 is 1.43. The zero-order valence-electron chi connectivity index (χ0n) is 10.9. The van der Waals surface area contributed by atoms with Gasteiger partial charge in [0.05, 0.1) is 7.11 Å². The Morgan fingerprint density at radius 3 is 3.11 bits per heavy atom. The molecular formula is C13H20N2O2S. The number of thiophene rings is 1. The molecule has 0 bridgehead atoms. The number of piperidine rings is 1. The minimum absolute atomic E-state index is 0.0591. The SMILES string of the molecule is COc1ccsc1C(=O)N1CCC[C@H](C)[C@@H]1CN. The Bertz CT molecular complexity index is 419. The van der Waals surface area contributed by atoms with Crippen LogP contribution >= 0.6 is 11.3 Å². The fraction of sp³-hybridized carbons (Fsp3) is 0.615. The summed E-state index contributed by atoms with van der Waals surface area (Å²) in [5.41, 5.74) is 5.82. The van der Waals surface area contributed by atoms with Gasteiger partial charge in [-0.15, -0.1) is 11.3 Å². The van der Waals surface area contributed by atoms with Crippen molar-refractivity contribution in [3.63, 3.8) is 0 Å². The van der Waals surface area contributed by atoms with Crippen LogP contribution in [0.1, 0.15) is 29.4 Å². The molecule has 5 heteroatoms. The van der Waals surface area contributed by atoms with Crippen LogP contribution < -0.4 is 10.5 Å². The van der Waals surface area contributed by atoms with Crippen molar-refractivity contribution in [2.45, 2.75) is 25.8 Å². The first-order chi connectivity index (χ1) is 8.69. The summed E-state index contributed by atoms with van der Waals surface area (Å²) in [4.78, 5) is 15.2. The molecule has 1 aliphatic heterocycles. The molecular weight excluding hydrogens is 248 g/mol. The molecule has 0 spiro atoms. The van der Waals surface area contributed by atoms with Gasteiger partial charge in [-0.1, -0.05) is 6.92 Å². The van der Waals surface area contributed by atoms with E-state index >= 15 is 0 Å². The number of rotatable bonds is 3. The molecule has 0 aliphatic carbocycles. The number of nitrogens with two attached hydrogens (primary N) is 1. The minimum atomic E-state index is 0.0591. The number of amides is 1. The van der Waals surface area contributed by atoms with Gasteiger partial charge >= 0.3 is 0 Å². The summed E-state index contributed by atoms with van der Waals surface area (Å²) in [5, 5.41) is 1.89. The van der Waals surface area contributed by atoms with Gasteiger partial charge in [-0.05, 0) is 30.2 Å². The maximum Gasteiger partial charge on any atom is 0.268 e. The van der Waals surface area contributed by atoms with E-state index in [-0.39, 0.29) is 11.9 Å². The molecule has 2 atom stereocenters. The molecule has 0 saturated carbocycles. The maximum absolute atomic E-state index is 12.6. The van der Waals surface area contributed by atoms with Gasteiger partial charge in [0, 0.05) is 19.1 Å². The first kappa shape index (κ1) is 13.4. The van der Waals surface area contributed by atoms with Crippen LogP contribution in [0.15, 0.2) is 11.4 Å². The summed E-state index contributed by atoms with van der Waals surface area (Å²) in [5.74, 6) is 1.20. The van der Waals surface area contributed by atoms with Crippen LogP contribution in [0.5, 0.6) is 5.75 Å². The average Bonchev–Trinajstić information content (AvgIpc) is 2.85. The van der Waals surface area contributed by atoms with Crippen LogP contribution in [0.4, 0.5) is 0 Å². The van der Waals surface area contributed by atoms with E-state index in [1.54, 1.807) is 7.11 Å². The average molecular weight is 268 g/mol. The summed E-state index contributed by atoms with van der Waals surface area (Å²) in [6.45, 7) is 3.50. The number of hydrogen-bond donors (Lipinski definition) is 1. The van der Waals surface area contributed by atoms with Gasteiger partial charge in [-0.25, -0.2) is 0 Å². The molecule has 18 heavy (non-hydrogen) atoms. The number of carbonyl (C=O) groups excluding carboxylic acids is 1. The Morgan fingerprint density at radius 2 is 2.44 bits per heavy atom. The van der Waals surface area contributed by atoms with E-state index in [4.69, 9.17) is 10.5 Å². The molecule has 1 aliphatic rings. The first-order valence-electron chi connectivity index (χ1n) is 6.31. The standard InChI is InChI=1S/C13H20N2O2S/c1-9-4-3-6-15(10(9)8-14)13(16)12-11(17-2)5-7-18-12/h5,7,9-10H,3-4,6,8,14H2,1-2H3/t9-,10-/m0/s1. The van der Waals surface area contributed by atoms with Gasteiger partial charge < -0.3 is 15.4 Å². The van der Waals surface area contributed by atoms with Crippen molar-refractivity contribution in [2.24, 2.45) is 11.7 Å². The lowest BCUT2D eigenvalue weighted by atomic mass is 9.90. The van der Waals surface area contributed by atoms with Crippen LogP contribution in [-0.4, -0.2) is 37.0 Å². The van der Waals surface area contributed by atoms with E-state index < -0.39 is 0 Å². The van der Waals surface area contributed by atoms with Crippen LogP contribution in [0.2, 0.25) is 0 Å². The third-order valence-corrected chi connectivity index (χ3v) is 4.54. The number of hydrogen-bond acceptors (Lipinski definition) is 4. The summed E-state index contributed by atoms with van der Waals surface area (Å²) in [6, 6.07) is 1.99. The number of carbonyl (C=O) groups is 1. The Hall–Kier alpha value is -1.07. The third kappa shape index (κ3) is 2.37.